The van der Waals surface area contributed by atoms with E-state index in [9.17, 15) is 4.79 Å². The Labute approximate surface area is 164 Å². The van der Waals surface area contributed by atoms with Crippen LogP contribution in [0.5, 0.6) is 5.75 Å². The lowest BCUT2D eigenvalue weighted by Gasteiger charge is -2.21. The predicted octanol–water partition coefficient (Wildman–Crippen LogP) is 4.70. The van der Waals surface area contributed by atoms with Gasteiger partial charge in [0.25, 0.3) is 0 Å². The quantitative estimate of drug-likeness (QED) is 0.668. The van der Waals surface area contributed by atoms with Gasteiger partial charge in [-0.2, -0.15) is 0 Å². The van der Waals surface area contributed by atoms with Crippen molar-refractivity contribution in [2.24, 2.45) is 0 Å². The zero-order chi connectivity index (χ0) is 19.1. The van der Waals surface area contributed by atoms with Crippen LogP contribution in [-0.4, -0.2) is 30.9 Å². The van der Waals surface area contributed by atoms with E-state index in [0.717, 1.165) is 35.8 Å². The summed E-state index contributed by atoms with van der Waals surface area (Å²) in [5.74, 6) is -0.00855. The molecule has 2 aromatic carbocycles. The third kappa shape index (κ3) is 6.12. The van der Waals surface area contributed by atoms with Crippen molar-refractivity contribution in [3.8, 4) is 5.75 Å². The normalized spacial score (nSPS) is 14.3. The van der Waals surface area contributed by atoms with Crippen molar-refractivity contribution in [3.63, 3.8) is 0 Å². The first-order valence-corrected chi connectivity index (χ1v) is 9.43. The highest BCUT2D eigenvalue weighted by molar-refractivity contribution is 6.30. The largest absolute Gasteiger partial charge is 0.489 e. The van der Waals surface area contributed by atoms with Gasteiger partial charge in [-0.15, -0.1) is 0 Å². The second-order valence-corrected chi connectivity index (χ2v) is 7.08. The minimum atomic E-state index is -0.784. The zero-order valence-corrected chi connectivity index (χ0v) is 15.9. The lowest BCUT2D eigenvalue weighted by molar-refractivity contribution is -0.136. The molecule has 0 spiro atoms. The Bertz CT molecular complexity index is 794. The Morgan fingerprint density at radius 2 is 1.74 bits per heavy atom. The van der Waals surface area contributed by atoms with E-state index in [-0.39, 0.29) is 6.42 Å². The first kappa shape index (κ1) is 19.5. The number of benzene rings is 2. The van der Waals surface area contributed by atoms with Crippen LogP contribution in [0.15, 0.2) is 59.7 Å². The molecule has 0 aliphatic carbocycles. The lowest BCUT2D eigenvalue weighted by atomic mass is 9.96. The third-order valence-corrected chi connectivity index (χ3v) is 4.87. The van der Waals surface area contributed by atoms with E-state index in [1.54, 1.807) is 0 Å². The van der Waals surface area contributed by atoms with Gasteiger partial charge in [-0.05, 0) is 60.2 Å². The molecule has 1 N–H and O–H groups in total. The Hall–Kier alpha value is -2.30. The van der Waals surface area contributed by atoms with Crippen molar-refractivity contribution in [2.45, 2.75) is 25.7 Å². The van der Waals surface area contributed by atoms with Gasteiger partial charge in [-0.1, -0.05) is 41.4 Å². The van der Waals surface area contributed by atoms with Crippen LogP contribution in [0.2, 0.25) is 5.02 Å². The lowest BCUT2D eigenvalue weighted by Crippen LogP contribution is -2.18. The second kappa shape index (κ2) is 9.58. The van der Waals surface area contributed by atoms with Gasteiger partial charge in [0.1, 0.15) is 12.4 Å². The van der Waals surface area contributed by atoms with Gasteiger partial charge in [-0.3, -0.25) is 4.79 Å². The van der Waals surface area contributed by atoms with Gasteiger partial charge >= 0.3 is 5.97 Å². The van der Waals surface area contributed by atoms with Crippen molar-refractivity contribution in [3.05, 3.63) is 75.8 Å². The molecule has 0 aromatic heterocycles. The van der Waals surface area contributed by atoms with Crippen LogP contribution in [0.3, 0.4) is 0 Å². The number of hydrogen-bond acceptors (Lipinski definition) is 3. The highest BCUT2D eigenvalue weighted by atomic mass is 35.5. The van der Waals surface area contributed by atoms with E-state index >= 15 is 0 Å². The number of ether oxygens (including phenoxy) is 2. The Morgan fingerprint density at radius 1 is 1.04 bits per heavy atom. The molecule has 0 saturated heterocycles. The van der Waals surface area contributed by atoms with E-state index in [2.05, 4.69) is 12.1 Å². The number of aliphatic carboxylic acids is 1. The van der Waals surface area contributed by atoms with Gasteiger partial charge in [0.2, 0.25) is 0 Å². The monoisotopic (exact) mass is 386 g/mol. The first-order chi connectivity index (χ1) is 13.1. The van der Waals surface area contributed by atoms with Crippen LogP contribution in [-0.2, 0) is 22.4 Å². The fourth-order valence-corrected chi connectivity index (χ4v) is 3.18. The van der Waals surface area contributed by atoms with Crippen LogP contribution in [0.1, 0.15) is 24.0 Å². The van der Waals surface area contributed by atoms with E-state index in [1.807, 2.05) is 36.4 Å². The molecular weight excluding hydrogens is 364 g/mol. The average molecular weight is 387 g/mol. The summed E-state index contributed by atoms with van der Waals surface area (Å²) in [6.07, 6.45) is 2.46. The molecule has 0 bridgehead atoms. The second-order valence-electron chi connectivity index (χ2n) is 6.64. The van der Waals surface area contributed by atoms with Crippen molar-refractivity contribution in [1.29, 1.82) is 0 Å². The molecule has 0 saturated carbocycles. The highest BCUT2D eigenvalue weighted by Gasteiger charge is 2.14. The molecule has 0 amide bonds. The number of carboxylic acid groups (broad SMARTS) is 1. The number of hydrogen-bond donors (Lipinski definition) is 1. The van der Waals surface area contributed by atoms with E-state index < -0.39 is 5.97 Å². The maximum atomic E-state index is 10.6. The molecule has 1 aliphatic rings. The van der Waals surface area contributed by atoms with Gasteiger partial charge in [0.05, 0.1) is 13.2 Å². The molecule has 1 heterocycles. The topological polar surface area (TPSA) is 55.8 Å². The van der Waals surface area contributed by atoms with E-state index in [0.29, 0.717) is 19.6 Å². The minimum absolute atomic E-state index is 0.137. The number of carboxylic acids is 1. The van der Waals surface area contributed by atoms with Crippen molar-refractivity contribution < 1.29 is 19.4 Å². The number of carbonyl (C=O) groups is 1. The van der Waals surface area contributed by atoms with Crippen LogP contribution in [0.25, 0.3) is 0 Å². The fourth-order valence-electron chi connectivity index (χ4n) is 3.05. The van der Waals surface area contributed by atoms with Crippen LogP contribution in [0.4, 0.5) is 0 Å². The van der Waals surface area contributed by atoms with Crippen LogP contribution >= 0.6 is 11.6 Å². The molecule has 0 atom stereocenters. The molecule has 27 heavy (non-hydrogen) atoms. The number of rotatable bonds is 8. The fraction of sp³-hybridized carbons (Fsp3) is 0.318. The molecule has 2 aromatic rings. The van der Waals surface area contributed by atoms with E-state index in [1.165, 1.54) is 16.7 Å². The zero-order valence-electron chi connectivity index (χ0n) is 15.1. The Morgan fingerprint density at radius 3 is 2.44 bits per heavy atom. The van der Waals surface area contributed by atoms with E-state index in [4.69, 9.17) is 26.2 Å². The molecule has 142 valence electrons. The van der Waals surface area contributed by atoms with Gasteiger partial charge in [0.15, 0.2) is 0 Å². The number of halogens is 1. The highest BCUT2D eigenvalue weighted by Crippen LogP contribution is 2.23. The first-order valence-electron chi connectivity index (χ1n) is 9.05. The summed E-state index contributed by atoms with van der Waals surface area (Å²) in [5.41, 5.74) is 4.78. The summed E-state index contributed by atoms with van der Waals surface area (Å²) < 4.78 is 11.6. The summed E-state index contributed by atoms with van der Waals surface area (Å²) in [4.78, 5) is 10.6. The minimum Gasteiger partial charge on any atom is -0.489 e. The molecule has 0 radical (unpaired) electrons. The van der Waals surface area contributed by atoms with Crippen molar-refractivity contribution >= 4 is 17.6 Å². The summed E-state index contributed by atoms with van der Waals surface area (Å²) in [5, 5.41) is 9.50. The third-order valence-electron chi connectivity index (χ3n) is 4.62. The molecule has 3 rings (SSSR count). The van der Waals surface area contributed by atoms with Crippen LogP contribution < -0.4 is 4.74 Å². The number of aryl methyl sites for hydroxylation is 1. The summed E-state index contributed by atoms with van der Waals surface area (Å²) in [7, 11) is 0. The van der Waals surface area contributed by atoms with Gasteiger partial charge in [-0.25, -0.2) is 0 Å². The molecule has 5 heteroatoms. The summed E-state index contributed by atoms with van der Waals surface area (Å²) in [6, 6.07) is 15.5. The maximum Gasteiger partial charge on any atom is 0.303 e. The summed E-state index contributed by atoms with van der Waals surface area (Å²) >= 11 is 5.97. The van der Waals surface area contributed by atoms with Crippen LogP contribution in [0, 0.1) is 0 Å². The smallest absolute Gasteiger partial charge is 0.303 e. The molecule has 0 fully saturated rings. The predicted molar refractivity (Wildman–Crippen MR) is 106 cm³/mol. The SMILES string of the molecule is O=C(O)CCc1ccc(OCC2=C(Cc3ccc(Cl)cc3)CCOC2)cc1. The maximum absolute atomic E-state index is 10.6. The molecular formula is C22H23ClO4. The Kier molecular flexibility index (Phi) is 6.91. The average Bonchev–Trinajstić information content (AvgIpc) is 2.68. The summed E-state index contributed by atoms with van der Waals surface area (Å²) in [6.45, 7) is 1.84. The Balaban J connectivity index is 1.60. The standard InChI is InChI=1S/C22H23ClO4/c23-20-6-1-17(2-7-20)13-18-11-12-26-14-19(18)15-27-21-8-3-16(4-9-21)5-10-22(24)25/h1-4,6-9H,5,10-15H2,(H,24,25). The molecule has 0 unspecified atom stereocenters. The van der Waals surface area contributed by atoms with Gasteiger partial charge in [0, 0.05) is 11.4 Å². The molecule has 4 nitrogen and oxygen atoms in total. The van der Waals surface area contributed by atoms with Crippen molar-refractivity contribution in [2.75, 3.05) is 19.8 Å². The molecule has 1 aliphatic heterocycles. The van der Waals surface area contributed by atoms with Crippen molar-refractivity contribution in [1.82, 2.24) is 0 Å². The van der Waals surface area contributed by atoms with Gasteiger partial charge < -0.3 is 14.6 Å².